The van der Waals surface area contributed by atoms with Crippen molar-refractivity contribution in [3.63, 3.8) is 0 Å². The number of aryl methyl sites for hydroxylation is 1. The van der Waals surface area contributed by atoms with Gasteiger partial charge >= 0.3 is 0 Å². The lowest BCUT2D eigenvalue weighted by Crippen LogP contribution is -2.02. The lowest BCUT2D eigenvalue weighted by Gasteiger charge is -2.08. The molecule has 17 heavy (non-hydrogen) atoms. The van der Waals surface area contributed by atoms with Crippen LogP contribution in [0, 0.1) is 6.92 Å². The molecule has 2 rings (SSSR count). The number of hydrogen-bond acceptors (Lipinski definition) is 4. The maximum absolute atomic E-state index is 5.86. The Morgan fingerprint density at radius 2 is 2.00 bits per heavy atom. The van der Waals surface area contributed by atoms with Crippen molar-refractivity contribution < 1.29 is 4.74 Å². The summed E-state index contributed by atoms with van der Waals surface area (Å²) in [5.74, 6) is 1.36. The minimum absolute atomic E-state index is 0.308. The third-order valence-electron chi connectivity index (χ3n) is 2.22. The van der Waals surface area contributed by atoms with Crippen LogP contribution in [-0.2, 0) is 6.61 Å². The number of nitrogen functional groups attached to an aromatic ring is 1. The average molecular weight is 250 g/mol. The van der Waals surface area contributed by atoms with Gasteiger partial charge in [0, 0.05) is 5.02 Å². The molecule has 0 amide bonds. The fraction of sp³-hybridized carbons (Fsp3) is 0.167. The van der Waals surface area contributed by atoms with Crippen LogP contribution in [0.5, 0.6) is 5.75 Å². The van der Waals surface area contributed by atoms with E-state index >= 15 is 0 Å². The van der Waals surface area contributed by atoms with Gasteiger partial charge in [-0.2, -0.15) is 0 Å². The Bertz CT molecular complexity index is 514. The van der Waals surface area contributed by atoms with E-state index < -0.39 is 0 Å². The van der Waals surface area contributed by atoms with E-state index in [0.29, 0.717) is 23.1 Å². The summed E-state index contributed by atoms with van der Waals surface area (Å²) in [4.78, 5) is 8.11. The van der Waals surface area contributed by atoms with Gasteiger partial charge in [-0.1, -0.05) is 11.6 Å². The molecule has 0 unspecified atom stereocenters. The minimum Gasteiger partial charge on any atom is -0.485 e. The maximum atomic E-state index is 5.86. The smallest absolute Gasteiger partial charge is 0.166 e. The van der Waals surface area contributed by atoms with Crippen LogP contribution in [-0.4, -0.2) is 9.97 Å². The van der Waals surface area contributed by atoms with E-state index in [1.807, 2.05) is 19.1 Å². The van der Waals surface area contributed by atoms with Crippen molar-refractivity contribution in [1.82, 2.24) is 9.97 Å². The van der Waals surface area contributed by atoms with E-state index in [-0.39, 0.29) is 0 Å². The van der Waals surface area contributed by atoms with Gasteiger partial charge in [0.2, 0.25) is 0 Å². The molecule has 0 bridgehead atoms. The zero-order valence-electron chi connectivity index (χ0n) is 9.35. The number of hydrogen-bond donors (Lipinski definition) is 1. The highest BCUT2D eigenvalue weighted by Gasteiger charge is 2.02. The summed E-state index contributed by atoms with van der Waals surface area (Å²) in [6, 6.07) is 5.46. The molecule has 1 aromatic heterocycles. The molecular weight excluding hydrogens is 238 g/mol. The lowest BCUT2D eigenvalue weighted by molar-refractivity contribution is 0.294. The Balaban J connectivity index is 2.04. The second-order valence-corrected chi connectivity index (χ2v) is 4.07. The predicted molar refractivity (Wildman–Crippen MR) is 67.0 cm³/mol. The van der Waals surface area contributed by atoms with Gasteiger partial charge in [0.1, 0.15) is 12.4 Å². The normalized spacial score (nSPS) is 10.2. The maximum Gasteiger partial charge on any atom is 0.166 e. The Kier molecular flexibility index (Phi) is 3.44. The molecule has 0 spiro atoms. The van der Waals surface area contributed by atoms with Gasteiger partial charge in [0.15, 0.2) is 5.82 Å². The first-order valence-corrected chi connectivity index (χ1v) is 5.48. The Hall–Kier alpha value is -1.81. The topological polar surface area (TPSA) is 61.0 Å². The van der Waals surface area contributed by atoms with Crippen LogP contribution in [0.15, 0.2) is 30.6 Å². The number of aromatic nitrogens is 2. The fourth-order valence-electron chi connectivity index (χ4n) is 1.36. The quantitative estimate of drug-likeness (QED) is 0.908. The van der Waals surface area contributed by atoms with E-state index in [1.165, 1.54) is 0 Å². The summed E-state index contributed by atoms with van der Waals surface area (Å²) in [5.41, 5.74) is 7.01. The van der Waals surface area contributed by atoms with Crippen molar-refractivity contribution in [2.75, 3.05) is 5.73 Å². The van der Waals surface area contributed by atoms with Gasteiger partial charge in [-0.3, -0.25) is 0 Å². The van der Waals surface area contributed by atoms with Gasteiger partial charge in [-0.05, 0) is 30.7 Å². The Labute approximate surface area is 104 Å². The Morgan fingerprint density at radius 3 is 2.65 bits per heavy atom. The number of nitrogens with zero attached hydrogens (tertiary/aromatic N) is 2. The van der Waals surface area contributed by atoms with Crippen LogP contribution in [0.2, 0.25) is 5.02 Å². The lowest BCUT2D eigenvalue weighted by atomic mass is 10.2. The first-order valence-electron chi connectivity index (χ1n) is 5.10. The molecule has 0 saturated carbocycles. The van der Waals surface area contributed by atoms with E-state index in [2.05, 4.69) is 9.97 Å². The van der Waals surface area contributed by atoms with Gasteiger partial charge in [0.25, 0.3) is 0 Å². The molecule has 2 N–H and O–H groups in total. The second kappa shape index (κ2) is 5.01. The van der Waals surface area contributed by atoms with Gasteiger partial charge < -0.3 is 10.5 Å². The van der Waals surface area contributed by atoms with Crippen LogP contribution < -0.4 is 10.5 Å². The summed E-state index contributed by atoms with van der Waals surface area (Å²) in [6.45, 7) is 2.24. The Morgan fingerprint density at radius 1 is 1.29 bits per heavy atom. The number of ether oxygens (including phenoxy) is 1. The number of benzene rings is 1. The molecule has 0 radical (unpaired) electrons. The molecule has 88 valence electrons. The molecule has 0 saturated heterocycles. The van der Waals surface area contributed by atoms with Crippen LogP contribution in [0.4, 0.5) is 5.69 Å². The van der Waals surface area contributed by atoms with Gasteiger partial charge in [-0.25, -0.2) is 9.97 Å². The summed E-state index contributed by atoms with van der Waals surface area (Å²) in [6.07, 6.45) is 3.11. The van der Waals surface area contributed by atoms with Crippen molar-refractivity contribution in [2.45, 2.75) is 13.5 Å². The highest BCUT2D eigenvalue weighted by molar-refractivity contribution is 6.30. The molecule has 0 fully saturated rings. The van der Waals surface area contributed by atoms with E-state index in [9.17, 15) is 0 Å². The molecule has 1 heterocycles. The van der Waals surface area contributed by atoms with Crippen molar-refractivity contribution in [3.05, 3.63) is 47.0 Å². The molecule has 4 nitrogen and oxygen atoms in total. The van der Waals surface area contributed by atoms with Crippen molar-refractivity contribution in [3.8, 4) is 5.75 Å². The zero-order valence-corrected chi connectivity index (χ0v) is 10.1. The standard InChI is InChI=1S/C12H12ClN3O/c1-8-4-9(13)2-3-11(8)17-7-12-15-5-10(14)6-16-12/h2-6H,7,14H2,1H3. The van der Waals surface area contributed by atoms with Crippen molar-refractivity contribution in [2.24, 2.45) is 0 Å². The van der Waals surface area contributed by atoms with Crippen molar-refractivity contribution in [1.29, 1.82) is 0 Å². The van der Waals surface area contributed by atoms with Crippen LogP contribution in [0.3, 0.4) is 0 Å². The largest absolute Gasteiger partial charge is 0.485 e. The second-order valence-electron chi connectivity index (χ2n) is 3.63. The van der Waals surface area contributed by atoms with Crippen molar-refractivity contribution >= 4 is 17.3 Å². The molecule has 0 aliphatic rings. The van der Waals surface area contributed by atoms with Crippen LogP contribution in [0.25, 0.3) is 0 Å². The van der Waals surface area contributed by atoms with Crippen LogP contribution in [0.1, 0.15) is 11.4 Å². The SMILES string of the molecule is Cc1cc(Cl)ccc1OCc1ncc(N)cn1. The summed E-state index contributed by atoms with van der Waals surface area (Å²) in [7, 11) is 0. The average Bonchev–Trinajstić information content (AvgIpc) is 2.30. The molecule has 5 heteroatoms. The molecule has 0 atom stereocenters. The molecule has 0 aliphatic heterocycles. The molecule has 1 aromatic carbocycles. The summed E-state index contributed by atoms with van der Waals surface area (Å²) >= 11 is 5.86. The van der Waals surface area contributed by atoms with Gasteiger partial charge in [-0.15, -0.1) is 0 Å². The highest BCUT2D eigenvalue weighted by Crippen LogP contribution is 2.22. The summed E-state index contributed by atoms with van der Waals surface area (Å²) in [5, 5.41) is 0.693. The first kappa shape index (κ1) is 11.7. The molecule has 2 aromatic rings. The fourth-order valence-corrected chi connectivity index (χ4v) is 1.58. The monoisotopic (exact) mass is 249 g/mol. The van der Waals surface area contributed by atoms with E-state index in [1.54, 1.807) is 18.5 Å². The molecular formula is C12H12ClN3O. The van der Waals surface area contributed by atoms with E-state index in [0.717, 1.165) is 11.3 Å². The summed E-state index contributed by atoms with van der Waals surface area (Å²) < 4.78 is 5.59. The minimum atomic E-state index is 0.308. The number of anilines is 1. The zero-order chi connectivity index (χ0) is 12.3. The first-order chi connectivity index (χ1) is 8.15. The third-order valence-corrected chi connectivity index (χ3v) is 2.45. The third kappa shape index (κ3) is 3.07. The number of rotatable bonds is 3. The van der Waals surface area contributed by atoms with Crippen LogP contribution >= 0.6 is 11.6 Å². The predicted octanol–water partition coefficient (Wildman–Crippen LogP) is 2.60. The van der Waals surface area contributed by atoms with Gasteiger partial charge in [0.05, 0.1) is 18.1 Å². The number of halogens is 1. The molecule has 0 aliphatic carbocycles. The number of nitrogens with two attached hydrogens (primary N) is 1. The van der Waals surface area contributed by atoms with E-state index in [4.69, 9.17) is 22.1 Å². The highest BCUT2D eigenvalue weighted by atomic mass is 35.5.